The van der Waals surface area contributed by atoms with Crippen LogP contribution in [0.5, 0.6) is 0 Å². The van der Waals surface area contributed by atoms with E-state index in [4.69, 9.17) is 5.84 Å². The number of aliphatic imine (C=N–C) groups is 1. The molecule has 3 N–H and O–H groups in total. The molecule has 0 radical (unpaired) electrons. The van der Waals surface area contributed by atoms with E-state index in [1.54, 1.807) is 0 Å². The van der Waals surface area contributed by atoms with Crippen molar-refractivity contribution in [2.75, 3.05) is 18.8 Å². The Labute approximate surface area is 90.3 Å². The fraction of sp³-hybridized carbons (Fsp3) is 0.889. The van der Waals surface area contributed by atoms with E-state index in [0.717, 1.165) is 24.8 Å². The molecule has 5 heteroatoms. The summed E-state index contributed by atoms with van der Waals surface area (Å²) in [4.78, 5) is 6.67. The van der Waals surface area contributed by atoms with E-state index >= 15 is 0 Å². The number of nitrogens with one attached hydrogen (secondary N) is 1. The van der Waals surface area contributed by atoms with E-state index in [1.807, 2.05) is 11.8 Å². The van der Waals surface area contributed by atoms with Crippen molar-refractivity contribution in [3.05, 3.63) is 0 Å². The van der Waals surface area contributed by atoms with E-state index in [1.165, 1.54) is 0 Å². The van der Waals surface area contributed by atoms with Crippen LogP contribution in [0.25, 0.3) is 0 Å². The number of nitrogens with zero attached hydrogens (tertiary/aromatic N) is 2. The summed E-state index contributed by atoms with van der Waals surface area (Å²) in [6, 6.07) is 0.283. The van der Waals surface area contributed by atoms with Gasteiger partial charge in [-0.2, -0.15) is 11.8 Å². The Kier molecular flexibility index (Phi) is 4.54. The first-order valence-electron chi connectivity index (χ1n) is 5.04. The van der Waals surface area contributed by atoms with Gasteiger partial charge in [0.05, 0.1) is 0 Å². The minimum absolute atomic E-state index is 0.283. The van der Waals surface area contributed by atoms with Crippen molar-refractivity contribution in [1.82, 2.24) is 10.3 Å². The Bertz CT molecular complexity index is 205. The summed E-state index contributed by atoms with van der Waals surface area (Å²) < 4.78 is 0. The normalized spacial score (nSPS) is 24.2. The summed E-state index contributed by atoms with van der Waals surface area (Å²) >= 11 is 2.00. The van der Waals surface area contributed by atoms with Gasteiger partial charge < -0.3 is 4.90 Å². The average Bonchev–Trinajstić information content (AvgIpc) is 2.14. The molecular weight excluding hydrogens is 196 g/mol. The highest BCUT2D eigenvalue weighted by molar-refractivity contribution is 7.99. The number of nitrogens with two attached hydrogens (primary N) is 1. The maximum absolute atomic E-state index is 5.47. The molecule has 0 aromatic carbocycles. The van der Waals surface area contributed by atoms with Crippen molar-refractivity contribution in [3.63, 3.8) is 0 Å². The molecule has 1 aliphatic rings. The molecule has 0 aromatic rings. The first kappa shape index (κ1) is 11.7. The zero-order valence-electron chi connectivity index (χ0n) is 9.16. The van der Waals surface area contributed by atoms with Crippen molar-refractivity contribution >= 4 is 17.7 Å². The molecule has 1 rings (SSSR count). The molecule has 1 saturated heterocycles. The number of hydrogen-bond donors (Lipinski definition) is 2. The molecule has 0 amide bonds. The third-order valence-corrected chi connectivity index (χ3v) is 3.19. The quantitative estimate of drug-likeness (QED) is 0.292. The third kappa shape index (κ3) is 3.38. The number of thioether (sulfide) groups is 1. The van der Waals surface area contributed by atoms with Crippen LogP contribution in [0.15, 0.2) is 4.99 Å². The van der Waals surface area contributed by atoms with Crippen LogP contribution in [0, 0.1) is 0 Å². The highest BCUT2D eigenvalue weighted by Gasteiger charge is 2.19. The van der Waals surface area contributed by atoms with E-state index in [9.17, 15) is 0 Å². The van der Waals surface area contributed by atoms with Gasteiger partial charge in [0, 0.05) is 30.1 Å². The van der Waals surface area contributed by atoms with Gasteiger partial charge in [0.2, 0.25) is 5.96 Å². The molecule has 1 unspecified atom stereocenters. The number of rotatable bonds is 1. The molecule has 82 valence electrons. The van der Waals surface area contributed by atoms with Crippen LogP contribution < -0.4 is 11.3 Å². The lowest BCUT2D eigenvalue weighted by atomic mass is 10.4. The predicted octanol–water partition coefficient (Wildman–Crippen LogP) is 0.651. The Morgan fingerprint density at radius 2 is 2.36 bits per heavy atom. The van der Waals surface area contributed by atoms with Crippen molar-refractivity contribution in [2.24, 2.45) is 10.8 Å². The van der Waals surface area contributed by atoms with E-state index in [2.05, 4.69) is 36.1 Å². The smallest absolute Gasteiger partial charge is 0.208 e. The molecule has 0 spiro atoms. The van der Waals surface area contributed by atoms with Gasteiger partial charge in [-0.3, -0.25) is 5.43 Å². The van der Waals surface area contributed by atoms with Gasteiger partial charge in [0.25, 0.3) is 0 Å². The van der Waals surface area contributed by atoms with Crippen LogP contribution in [0.2, 0.25) is 0 Å². The lowest BCUT2D eigenvalue weighted by Gasteiger charge is -2.32. The highest BCUT2D eigenvalue weighted by Crippen LogP contribution is 2.17. The molecule has 1 fully saturated rings. The molecule has 4 nitrogen and oxygen atoms in total. The SMILES string of the molecule is CC(C)N=C(NN)N1CCSC(C)C1. The minimum atomic E-state index is 0.283. The lowest BCUT2D eigenvalue weighted by molar-refractivity contribution is 0.416. The summed E-state index contributed by atoms with van der Waals surface area (Å²) in [5.41, 5.74) is 2.69. The van der Waals surface area contributed by atoms with Crippen LogP contribution in [0.1, 0.15) is 20.8 Å². The lowest BCUT2D eigenvalue weighted by Crippen LogP contribution is -2.50. The maximum atomic E-state index is 5.47. The highest BCUT2D eigenvalue weighted by atomic mass is 32.2. The van der Waals surface area contributed by atoms with Gasteiger partial charge in [0.1, 0.15) is 0 Å². The Hall–Kier alpha value is -0.420. The largest absolute Gasteiger partial charge is 0.340 e. The van der Waals surface area contributed by atoms with E-state index < -0.39 is 0 Å². The zero-order valence-corrected chi connectivity index (χ0v) is 9.97. The first-order valence-corrected chi connectivity index (χ1v) is 6.09. The number of hydrogen-bond acceptors (Lipinski definition) is 3. The van der Waals surface area contributed by atoms with Gasteiger partial charge in [0.15, 0.2) is 0 Å². The number of guanidine groups is 1. The van der Waals surface area contributed by atoms with Crippen LogP contribution in [-0.4, -0.2) is 41.0 Å². The van der Waals surface area contributed by atoms with Crippen LogP contribution in [-0.2, 0) is 0 Å². The second-order valence-electron chi connectivity index (χ2n) is 3.82. The first-order chi connectivity index (χ1) is 6.63. The van der Waals surface area contributed by atoms with Crippen LogP contribution in [0.3, 0.4) is 0 Å². The summed E-state index contributed by atoms with van der Waals surface area (Å²) in [5.74, 6) is 7.45. The van der Waals surface area contributed by atoms with Crippen LogP contribution >= 0.6 is 11.8 Å². The predicted molar refractivity (Wildman–Crippen MR) is 63.4 cm³/mol. The molecule has 0 aromatic heterocycles. The molecule has 1 atom stereocenters. The van der Waals surface area contributed by atoms with Crippen molar-refractivity contribution in [3.8, 4) is 0 Å². The summed E-state index contributed by atoms with van der Waals surface area (Å²) in [6.07, 6.45) is 0. The molecule has 1 heterocycles. The van der Waals surface area contributed by atoms with Crippen molar-refractivity contribution < 1.29 is 0 Å². The molecular formula is C9H20N4S. The van der Waals surface area contributed by atoms with E-state index in [-0.39, 0.29) is 6.04 Å². The summed E-state index contributed by atoms with van der Waals surface area (Å²) in [6.45, 7) is 8.41. The minimum Gasteiger partial charge on any atom is -0.340 e. The fourth-order valence-corrected chi connectivity index (χ4v) is 2.48. The summed E-state index contributed by atoms with van der Waals surface area (Å²) in [5, 5.41) is 0.662. The van der Waals surface area contributed by atoms with Gasteiger partial charge in [-0.1, -0.05) is 6.92 Å². The Morgan fingerprint density at radius 1 is 1.64 bits per heavy atom. The molecule has 14 heavy (non-hydrogen) atoms. The van der Waals surface area contributed by atoms with Gasteiger partial charge >= 0.3 is 0 Å². The monoisotopic (exact) mass is 216 g/mol. The Balaban J connectivity index is 2.59. The summed E-state index contributed by atoms with van der Waals surface area (Å²) in [7, 11) is 0. The fourth-order valence-electron chi connectivity index (χ4n) is 1.47. The topological polar surface area (TPSA) is 53.6 Å². The molecule has 1 aliphatic heterocycles. The van der Waals surface area contributed by atoms with Gasteiger partial charge in [-0.15, -0.1) is 0 Å². The molecule has 0 bridgehead atoms. The third-order valence-electron chi connectivity index (χ3n) is 2.05. The maximum Gasteiger partial charge on any atom is 0.208 e. The van der Waals surface area contributed by atoms with Crippen molar-refractivity contribution in [1.29, 1.82) is 0 Å². The number of hydrazine groups is 1. The van der Waals surface area contributed by atoms with Crippen LogP contribution in [0.4, 0.5) is 0 Å². The zero-order chi connectivity index (χ0) is 10.6. The second kappa shape index (κ2) is 5.46. The average molecular weight is 216 g/mol. The van der Waals surface area contributed by atoms with Gasteiger partial charge in [-0.25, -0.2) is 10.8 Å². The van der Waals surface area contributed by atoms with Gasteiger partial charge in [-0.05, 0) is 13.8 Å². The van der Waals surface area contributed by atoms with E-state index in [0.29, 0.717) is 5.25 Å². The molecule has 0 saturated carbocycles. The second-order valence-corrected chi connectivity index (χ2v) is 5.36. The van der Waals surface area contributed by atoms with Crippen molar-refractivity contribution in [2.45, 2.75) is 32.1 Å². The Morgan fingerprint density at radius 3 is 2.86 bits per heavy atom. The molecule has 0 aliphatic carbocycles. The standard InChI is InChI=1S/C9H20N4S/c1-7(2)11-9(12-10)13-4-5-14-8(3)6-13/h7-8H,4-6,10H2,1-3H3,(H,11,12).